The lowest BCUT2D eigenvalue weighted by Crippen LogP contribution is -2.12. The maximum Gasteiger partial charge on any atom is 0.269 e. The summed E-state index contributed by atoms with van der Waals surface area (Å²) in [6.45, 7) is 1.92. The molecule has 0 spiro atoms. The van der Waals surface area contributed by atoms with Crippen LogP contribution in [0.2, 0.25) is 5.02 Å². The topological polar surface area (TPSA) is 55.2 Å². The molecule has 0 N–H and O–H groups in total. The molecule has 0 bridgehead atoms. The van der Waals surface area contributed by atoms with Crippen LogP contribution in [0.5, 0.6) is 0 Å². The first-order valence-electron chi connectivity index (χ1n) is 9.21. The van der Waals surface area contributed by atoms with Crippen molar-refractivity contribution in [3.05, 3.63) is 77.6 Å². The molecule has 154 valence electrons. The highest BCUT2D eigenvalue weighted by atomic mass is 35.5. The Labute approximate surface area is 185 Å². The minimum absolute atomic E-state index is 0.203. The van der Waals surface area contributed by atoms with Crippen molar-refractivity contribution in [2.45, 2.75) is 16.7 Å². The molecule has 0 aliphatic carbocycles. The molecular formula is C22H20ClN3O2S2. The van der Waals surface area contributed by atoms with E-state index in [0.29, 0.717) is 16.1 Å². The van der Waals surface area contributed by atoms with Gasteiger partial charge in [-0.05, 0) is 62.8 Å². The summed E-state index contributed by atoms with van der Waals surface area (Å²) >= 11 is 8.10. The van der Waals surface area contributed by atoms with Crippen molar-refractivity contribution in [3.63, 3.8) is 0 Å². The first-order valence-corrected chi connectivity index (χ1v) is 11.8. The third-order valence-corrected chi connectivity index (χ3v) is 7.54. The van der Waals surface area contributed by atoms with Crippen molar-refractivity contribution in [2.75, 3.05) is 14.1 Å². The van der Waals surface area contributed by atoms with E-state index in [9.17, 15) is 8.42 Å². The Balaban J connectivity index is 2.00. The predicted octanol–water partition coefficient (Wildman–Crippen LogP) is 5.47. The summed E-state index contributed by atoms with van der Waals surface area (Å²) in [4.78, 5) is 5.57. The summed E-state index contributed by atoms with van der Waals surface area (Å²) in [5.41, 5.74) is 2.92. The maximum atomic E-state index is 13.4. The van der Waals surface area contributed by atoms with Crippen LogP contribution in [0, 0.1) is 6.92 Å². The summed E-state index contributed by atoms with van der Waals surface area (Å²) in [5, 5.41) is 1.07. The van der Waals surface area contributed by atoms with Crippen molar-refractivity contribution in [1.82, 2.24) is 13.3 Å². The Morgan fingerprint density at radius 1 is 1.00 bits per heavy atom. The van der Waals surface area contributed by atoms with E-state index in [1.807, 2.05) is 49.6 Å². The number of rotatable bonds is 5. The Morgan fingerprint density at radius 3 is 2.40 bits per heavy atom. The molecule has 4 rings (SSSR count). The molecule has 0 aliphatic rings. The molecular weight excluding hydrogens is 438 g/mol. The first-order chi connectivity index (χ1) is 14.3. The van der Waals surface area contributed by atoms with E-state index in [1.54, 1.807) is 48.5 Å². The van der Waals surface area contributed by atoms with E-state index < -0.39 is 10.0 Å². The highest BCUT2D eigenvalue weighted by molar-refractivity contribution is 7.97. The van der Waals surface area contributed by atoms with Crippen molar-refractivity contribution in [3.8, 4) is 11.1 Å². The van der Waals surface area contributed by atoms with E-state index in [-0.39, 0.29) is 4.90 Å². The van der Waals surface area contributed by atoms with E-state index in [2.05, 4.69) is 4.98 Å². The molecule has 0 atom stereocenters. The smallest absolute Gasteiger partial charge is 0.253 e. The third kappa shape index (κ3) is 3.74. The van der Waals surface area contributed by atoms with Gasteiger partial charge < -0.3 is 0 Å². The van der Waals surface area contributed by atoms with Gasteiger partial charge in [0, 0.05) is 28.2 Å². The van der Waals surface area contributed by atoms with Gasteiger partial charge in [-0.25, -0.2) is 17.4 Å². The second-order valence-electron chi connectivity index (χ2n) is 7.05. The Hall–Kier alpha value is -2.32. The molecule has 0 aliphatic heterocycles. The third-order valence-electron chi connectivity index (χ3n) is 4.64. The number of aromatic nitrogens is 2. The number of hydrogen-bond donors (Lipinski definition) is 0. The zero-order chi connectivity index (χ0) is 21.5. The van der Waals surface area contributed by atoms with Crippen LogP contribution < -0.4 is 0 Å². The van der Waals surface area contributed by atoms with E-state index in [4.69, 9.17) is 11.6 Å². The van der Waals surface area contributed by atoms with Crippen molar-refractivity contribution < 1.29 is 8.42 Å². The number of halogens is 1. The minimum Gasteiger partial charge on any atom is -0.253 e. The summed E-state index contributed by atoms with van der Waals surface area (Å²) < 4.78 is 30.1. The molecule has 8 heteroatoms. The average Bonchev–Trinajstić information content (AvgIpc) is 3.10. The van der Waals surface area contributed by atoms with Crippen LogP contribution in [0.3, 0.4) is 0 Å². The Bertz CT molecular complexity index is 1330. The zero-order valence-corrected chi connectivity index (χ0v) is 19.1. The fraction of sp³-hybridized carbons (Fsp3) is 0.136. The SMILES string of the molecule is Cc1ccc(S(=O)(=O)n2cc(-c3ccccc3SN(C)C)c3c(Cl)ccnc32)cc1. The fourth-order valence-corrected chi connectivity index (χ4v) is 5.63. The number of pyridine rings is 1. The highest BCUT2D eigenvalue weighted by Crippen LogP contribution is 2.40. The molecule has 0 saturated carbocycles. The molecule has 0 radical (unpaired) electrons. The molecule has 30 heavy (non-hydrogen) atoms. The van der Waals surface area contributed by atoms with E-state index >= 15 is 0 Å². The van der Waals surface area contributed by atoms with Crippen LogP contribution in [-0.2, 0) is 10.0 Å². The molecule has 4 aromatic rings. The van der Waals surface area contributed by atoms with Crippen molar-refractivity contribution in [2.24, 2.45) is 0 Å². The van der Waals surface area contributed by atoms with Crippen LogP contribution in [0.1, 0.15) is 5.56 Å². The Morgan fingerprint density at radius 2 is 1.70 bits per heavy atom. The number of benzene rings is 2. The van der Waals surface area contributed by atoms with Crippen LogP contribution >= 0.6 is 23.5 Å². The highest BCUT2D eigenvalue weighted by Gasteiger charge is 2.25. The molecule has 2 aromatic carbocycles. The minimum atomic E-state index is -3.84. The lowest BCUT2D eigenvalue weighted by Gasteiger charge is -2.12. The summed E-state index contributed by atoms with van der Waals surface area (Å²) in [6.07, 6.45) is 3.14. The molecule has 0 amide bonds. The van der Waals surface area contributed by atoms with Crippen LogP contribution in [-0.4, -0.2) is 35.8 Å². The molecule has 0 fully saturated rings. The van der Waals surface area contributed by atoms with Gasteiger partial charge in [-0.1, -0.05) is 47.5 Å². The van der Waals surface area contributed by atoms with Crippen molar-refractivity contribution in [1.29, 1.82) is 0 Å². The second kappa shape index (κ2) is 8.07. The van der Waals surface area contributed by atoms with E-state index in [0.717, 1.165) is 21.6 Å². The molecule has 0 unspecified atom stereocenters. The quantitative estimate of drug-likeness (QED) is 0.372. The maximum absolute atomic E-state index is 13.4. The van der Waals surface area contributed by atoms with Crippen LogP contribution in [0.15, 0.2) is 76.8 Å². The number of hydrogen-bond acceptors (Lipinski definition) is 5. The second-order valence-corrected chi connectivity index (χ2v) is 10.6. The number of fused-ring (bicyclic) bond motifs is 1. The monoisotopic (exact) mass is 457 g/mol. The summed E-state index contributed by atoms with van der Waals surface area (Å²) in [7, 11) is 0.0750. The van der Waals surface area contributed by atoms with Crippen molar-refractivity contribution >= 4 is 44.6 Å². The normalized spacial score (nSPS) is 12.0. The summed E-state index contributed by atoms with van der Waals surface area (Å²) in [5.74, 6) is 0. The molecule has 2 heterocycles. The number of aryl methyl sites for hydroxylation is 1. The van der Waals surface area contributed by atoms with E-state index in [1.165, 1.54) is 10.2 Å². The number of nitrogens with zero attached hydrogens (tertiary/aromatic N) is 3. The standard InChI is InChI=1S/C22H20ClN3O2S2/c1-15-8-10-16(11-9-15)30(27,28)26-14-18(21-19(23)12-13-24-22(21)26)17-6-4-5-7-20(17)29-25(2)3/h4-14H,1-3H3. The van der Waals surface area contributed by atoms with Crippen LogP contribution in [0.25, 0.3) is 22.2 Å². The van der Waals surface area contributed by atoms with Gasteiger partial charge in [0.25, 0.3) is 10.0 Å². The van der Waals surface area contributed by atoms with Gasteiger partial charge in [0.1, 0.15) is 0 Å². The van der Waals surface area contributed by atoms with Gasteiger partial charge in [-0.2, -0.15) is 0 Å². The largest absolute Gasteiger partial charge is 0.269 e. The van der Waals surface area contributed by atoms with Gasteiger partial charge in [0.05, 0.1) is 9.92 Å². The Kier molecular flexibility index (Phi) is 5.63. The summed E-state index contributed by atoms with van der Waals surface area (Å²) in [6, 6.07) is 16.3. The molecule has 0 saturated heterocycles. The lowest BCUT2D eigenvalue weighted by molar-refractivity contribution is 0.589. The molecule has 2 aromatic heterocycles. The van der Waals surface area contributed by atoms with Gasteiger partial charge in [-0.3, -0.25) is 4.31 Å². The van der Waals surface area contributed by atoms with Gasteiger partial charge in [-0.15, -0.1) is 0 Å². The predicted molar refractivity (Wildman–Crippen MR) is 123 cm³/mol. The zero-order valence-electron chi connectivity index (χ0n) is 16.7. The van der Waals surface area contributed by atoms with Gasteiger partial charge in [0.2, 0.25) is 0 Å². The lowest BCUT2D eigenvalue weighted by atomic mass is 10.1. The van der Waals surface area contributed by atoms with Crippen LogP contribution in [0.4, 0.5) is 0 Å². The van der Waals surface area contributed by atoms with Gasteiger partial charge >= 0.3 is 0 Å². The van der Waals surface area contributed by atoms with Gasteiger partial charge in [0.15, 0.2) is 5.65 Å². The first kappa shape index (κ1) is 20.9. The molecule has 5 nitrogen and oxygen atoms in total. The fourth-order valence-electron chi connectivity index (χ4n) is 3.26. The average molecular weight is 458 g/mol.